The summed E-state index contributed by atoms with van der Waals surface area (Å²) in [6.45, 7) is 4.86. The lowest BCUT2D eigenvalue weighted by Crippen LogP contribution is -2.48. The first-order valence-electron chi connectivity index (χ1n) is 7.13. The quantitative estimate of drug-likeness (QED) is 0.642. The number of carbonyl (C=O) groups is 2. The highest BCUT2D eigenvalue weighted by Crippen LogP contribution is 2.19. The zero-order valence-corrected chi connectivity index (χ0v) is 11.9. The molecule has 19 heavy (non-hydrogen) atoms. The summed E-state index contributed by atoms with van der Waals surface area (Å²) in [5, 5.41) is 7.98. The van der Waals surface area contributed by atoms with Gasteiger partial charge in [0.2, 0.25) is 5.91 Å². The first-order valence-corrected chi connectivity index (χ1v) is 7.13. The van der Waals surface area contributed by atoms with Gasteiger partial charge >= 0.3 is 6.03 Å². The maximum Gasteiger partial charge on any atom is 0.321 e. The lowest BCUT2D eigenvalue weighted by atomic mass is 9.97. The van der Waals surface area contributed by atoms with Crippen molar-refractivity contribution in [1.29, 1.82) is 0 Å². The monoisotopic (exact) mass is 267 g/mol. The summed E-state index contributed by atoms with van der Waals surface area (Å²) < 4.78 is 0. The molecule has 0 radical (unpaired) electrons. The van der Waals surface area contributed by atoms with Crippen LogP contribution in [0.3, 0.4) is 0 Å². The Kier molecular flexibility index (Phi) is 7.18. The average molecular weight is 267 g/mol. The van der Waals surface area contributed by atoms with Crippen LogP contribution < -0.4 is 16.0 Å². The highest BCUT2D eigenvalue weighted by atomic mass is 16.2. The van der Waals surface area contributed by atoms with Gasteiger partial charge in [0.25, 0.3) is 0 Å². The largest absolute Gasteiger partial charge is 0.338 e. The number of hydrogen-bond donors (Lipinski definition) is 3. The van der Waals surface area contributed by atoms with Gasteiger partial charge in [-0.05, 0) is 52.5 Å². The van der Waals surface area contributed by atoms with Crippen molar-refractivity contribution in [3.63, 3.8) is 0 Å². The third kappa shape index (κ3) is 6.38. The Morgan fingerprint density at radius 1 is 1.37 bits per heavy atom. The first kappa shape index (κ1) is 15.7. The minimum atomic E-state index is -0.434. The molecule has 1 unspecified atom stereocenters. The molecule has 0 fully saturated rings. The number of urea groups is 1. The Morgan fingerprint density at radius 2 is 2.16 bits per heavy atom. The van der Waals surface area contributed by atoms with Gasteiger partial charge in [0.1, 0.15) is 0 Å². The van der Waals surface area contributed by atoms with E-state index in [-0.39, 0.29) is 11.9 Å². The number of rotatable bonds is 6. The molecule has 0 aromatic heterocycles. The number of imide groups is 1. The Labute approximate surface area is 115 Å². The van der Waals surface area contributed by atoms with E-state index in [2.05, 4.69) is 22.0 Å². The van der Waals surface area contributed by atoms with E-state index in [1.807, 2.05) is 6.92 Å². The zero-order valence-electron chi connectivity index (χ0n) is 11.9. The van der Waals surface area contributed by atoms with Crippen LogP contribution in [0, 0.1) is 0 Å². The molecule has 1 aliphatic carbocycles. The van der Waals surface area contributed by atoms with Crippen LogP contribution in [0.5, 0.6) is 0 Å². The molecular weight excluding hydrogens is 242 g/mol. The van der Waals surface area contributed by atoms with Gasteiger partial charge in [-0.25, -0.2) is 4.79 Å². The van der Waals surface area contributed by atoms with Gasteiger partial charge in [0, 0.05) is 6.54 Å². The standard InChI is InChI=1S/C14H25N3O2/c1-3-15-14(19)17-13(18)11(2)16-10-9-12-7-5-4-6-8-12/h7,11,16H,3-6,8-10H2,1-2H3,(H2,15,17,18,19). The maximum atomic E-state index is 11.7. The minimum absolute atomic E-state index is 0.288. The molecule has 0 saturated heterocycles. The van der Waals surface area contributed by atoms with E-state index in [0.29, 0.717) is 6.54 Å². The summed E-state index contributed by atoms with van der Waals surface area (Å²) in [5.41, 5.74) is 1.48. The lowest BCUT2D eigenvalue weighted by molar-refractivity contribution is -0.121. The van der Waals surface area contributed by atoms with Crippen molar-refractivity contribution >= 4 is 11.9 Å². The summed E-state index contributed by atoms with van der Waals surface area (Å²) in [4.78, 5) is 22.9. The molecule has 5 nitrogen and oxygen atoms in total. The average Bonchev–Trinajstić information content (AvgIpc) is 2.40. The van der Waals surface area contributed by atoms with Crippen molar-refractivity contribution in [3.05, 3.63) is 11.6 Å². The summed E-state index contributed by atoms with van der Waals surface area (Å²) in [7, 11) is 0. The van der Waals surface area contributed by atoms with Crippen molar-refractivity contribution in [2.24, 2.45) is 0 Å². The molecule has 0 heterocycles. The molecule has 5 heteroatoms. The third-order valence-corrected chi connectivity index (χ3v) is 3.25. The predicted octanol–water partition coefficient (Wildman–Crippen LogP) is 1.70. The fourth-order valence-electron chi connectivity index (χ4n) is 2.10. The van der Waals surface area contributed by atoms with Crippen LogP contribution in [-0.4, -0.2) is 31.1 Å². The van der Waals surface area contributed by atoms with E-state index in [1.54, 1.807) is 6.92 Å². The molecular formula is C14H25N3O2. The maximum absolute atomic E-state index is 11.7. The molecule has 0 aromatic rings. The Morgan fingerprint density at radius 3 is 2.79 bits per heavy atom. The van der Waals surface area contributed by atoms with Crippen LogP contribution >= 0.6 is 0 Å². The van der Waals surface area contributed by atoms with Crippen molar-refractivity contribution in [1.82, 2.24) is 16.0 Å². The Bertz CT molecular complexity index is 340. The van der Waals surface area contributed by atoms with Crippen LogP contribution in [-0.2, 0) is 4.79 Å². The number of hydrogen-bond acceptors (Lipinski definition) is 3. The smallest absolute Gasteiger partial charge is 0.321 e. The summed E-state index contributed by atoms with van der Waals surface area (Å²) in [6, 6.07) is -0.789. The molecule has 0 aromatic carbocycles. The molecule has 3 N–H and O–H groups in total. The van der Waals surface area contributed by atoms with Gasteiger partial charge < -0.3 is 10.6 Å². The number of allylic oxidation sites excluding steroid dienone is 1. The van der Waals surface area contributed by atoms with E-state index in [1.165, 1.54) is 31.3 Å². The van der Waals surface area contributed by atoms with E-state index in [0.717, 1.165) is 13.0 Å². The number of carbonyl (C=O) groups excluding carboxylic acids is 2. The molecule has 0 bridgehead atoms. The SMILES string of the molecule is CCNC(=O)NC(=O)C(C)NCCC1=CCCCC1. The second-order valence-electron chi connectivity index (χ2n) is 4.88. The molecule has 3 amide bonds. The van der Waals surface area contributed by atoms with Crippen molar-refractivity contribution < 1.29 is 9.59 Å². The Balaban J connectivity index is 2.19. The molecule has 1 rings (SSSR count). The predicted molar refractivity (Wildman–Crippen MR) is 75.8 cm³/mol. The molecule has 0 spiro atoms. The van der Waals surface area contributed by atoms with Gasteiger partial charge in [-0.3, -0.25) is 10.1 Å². The van der Waals surface area contributed by atoms with E-state index in [9.17, 15) is 9.59 Å². The van der Waals surface area contributed by atoms with Crippen molar-refractivity contribution in [3.8, 4) is 0 Å². The molecule has 108 valence electrons. The highest BCUT2D eigenvalue weighted by molar-refractivity contribution is 5.96. The van der Waals surface area contributed by atoms with Crippen LogP contribution in [0.15, 0.2) is 11.6 Å². The van der Waals surface area contributed by atoms with Crippen LogP contribution in [0.2, 0.25) is 0 Å². The topological polar surface area (TPSA) is 70.2 Å². The molecule has 0 aliphatic heterocycles. The third-order valence-electron chi connectivity index (χ3n) is 3.25. The normalized spacial score (nSPS) is 16.4. The van der Waals surface area contributed by atoms with Crippen LogP contribution in [0.4, 0.5) is 4.79 Å². The summed E-state index contributed by atoms with van der Waals surface area (Å²) in [5.74, 6) is -0.288. The molecule has 1 atom stereocenters. The minimum Gasteiger partial charge on any atom is -0.338 e. The summed E-state index contributed by atoms with van der Waals surface area (Å²) in [6.07, 6.45) is 8.23. The van der Waals surface area contributed by atoms with Gasteiger partial charge in [-0.2, -0.15) is 0 Å². The van der Waals surface area contributed by atoms with Gasteiger partial charge in [0.05, 0.1) is 6.04 Å². The summed E-state index contributed by atoms with van der Waals surface area (Å²) >= 11 is 0. The number of nitrogens with one attached hydrogen (secondary N) is 3. The van der Waals surface area contributed by atoms with Gasteiger partial charge in [0.15, 0.2) is 0 Å². The van der Waals surface area contributed by atoms with Crippen molar-refractivity contribution in [2.75, 3.05) is 13.1 Å². The second kappa shape index (κ2) is 8.69. The van der Waals surface area contributed by atoms with Crippen LogP contribution in [0.1, 0.15) is 46.0 Å². The zero-order chi connectivity index (χ0) is 14.1. The van der Waals surface area contributed by atoms with Crippen LogP contribution in [0.25, 0.3) is 0 Å². The van der Waals surface area contributed by atoms with E-state index >= 15 is 0 Å². The fourth-order valence-corrected chi connectivity index (χ4v) is 2.10. The van der Waals surface area contributed by atoms with Gasteiger partial charge in [-0.1, -0.05) is 11.6 Å². The van der Waals surface area contributed by atoms with Gasteiger partial charge in [-0.15, -0.1) is 0 Å². The Hall–Kier alpha value is -1.36. The van der Waals surface area contributed by atoms with E-state index in [4.69, 9.17) is 0 Å². The molecule has 1 aliphatic rings. The number of amides is 3. The first-order chi connectivity index (χ1) is 9.13. The fraction of sp³-hybridized carbons (Fsp3) is 0.714. The van der Waals surface area contributed by atoms with E-state index < -0.39 is 6.03 Å². The second-order valence-corrected chi connectivity index (χ2v) is 4.88. The van der Waals surface area contributed by atoms with Crippen molar-refractivity contribution in [2.45, 2.75) is 52.0 Å². The molecule has 0 saturated carbocycles. The highest BCUT2D eigenvalue weighted by Gasteiger charge is 2.14. The lowest BCUT2D eigenvalue weighted by Gasteiger charge is -2.16.